The van der Waals surface area contributed by atoms with E-state index in [-0.39, 0.29) is 18.0 Å². The molecular formula is C29H38N4O6. The van der Waals surface area contributed by atoms with E-state index in [9.17, 15) is 19.8 Å². The molecule has 0 aliphatic carbocycles. The van der Waals surface area contributed by atoms with Gasteiger partial charge < -0.3 is 35.4 Å². The van der Waals surface area contributed by atoms with Crippen LogP contribution in [-0.4, -0.2) is 70.8 Å². The van der Waals surface area contributed by atoms with Crippen LogP contribution in [0.2, 0.25) is 0 Å². The summed E-state index contributed by atoms with van der Waals surface area (Å²) in [5.41, 5.74) is 1.98. The first-order valence-electron chi connectivity index (χ1n) is 12.8. The third kappa shape index (κ3) is 8.13. The molecule has 0 aliphatic rings. The third-order valence-corrected chi connectivity index (χ3v) is 6.21. The predicted octanol–water partition coefficient (Wildman–Crippen LogP) is 3.01. The van der Waals surface area contributed by atoms with Crippen LogP contribution in [0.5, 0.6) is 0 Å². The zero-order valence-corrected chi connectivity index (χ0v) is 23.0. The lowest BCUT2D eigenvalue weighted by Gasteiger charge is -2.32. The highest BCUT2D eigenvalue weighted by Gasteiger charge is 2.36. The summed E-state index contributed by atoms with van der Waals surface area (Å²) in [6.45, 7) is 6.57. The lowest BCUT2D eigenvalue weighted by atomic mass is 9.83. The van der Waals surface area contributed by atoms with Crippen LogP contribution in [0.15, 0.2) is 65.9 Å². The number of benzene rings is 2. The summed E-state index contributed by atoms with van der Waals surface area (Å²) in [5.74, 6) is -0.969. The number of amides is 2. The number of fused-ring (bicyclic) bond motifs is 1. The molecule has 0 aliphatic heterocycles. The summed E-state index contributed by atoms with van der Waals surface area (Å²) in [6, 6.07) is 15.8. The molecule has 0 saturated carbocycles. The number of ether oxygens (including phenoxy) is 1. The van der Waals surface area contributed by atoms with Crippen molar-refractivity contribution in [1.82, 2.24) is 10.3 Å². The summed E-state index contributed by atoms with van der Waals surface area (Å²) in [5, 5.41) is 31.0. The van der Waals surface area contributed by atoms with Crippen molar-refractivity contribution in [2.24, 2.45) is 10.6 Å². The average molecular weight is 539 g/mol. The van der Waals surface area contributed by atoms with Crippen molar-refractivity contribution in [3.63, 3.8) is 0 Å². The van der Waals surface area contributed by atoms with E-state index in [0.717, 1.165) is 16.5 Å². The summed E-state index contributed by atoms with van der Waals surface area (Å²) in [4.78, 5) is 34.6. The number of H-pyrrole nitrogens is 1. The lowest BCUT2D eigenvalue weighted by Crippen LogP contribution is -2.47. The maximum atomic E-state index is 13.2. The molecule has 10 heteroatoms. The number of carbonyl (C=O) groups is 2. The number of nitrogens with one attached hydrogen (secondary N) is 3. The number of aliphatic hydroxyl groups is 2. The van der Waals surface area contributed by atoms with Crippen LogP contribution in [0.3, 0.4) is 0 Å². The predicted molar refractivity (Wildman–Crippen MR) is 150 cm³/mol. The second kappa shape index (κ2) is 13.4. The fraction of sp³-hybridized carbons (Fsp3) is 0.414. The second-order valence-corrected chi connectivity index (χ2v) is 10.5. The number of rotatable bonds is 12. The molecule has 0 saturated heterocycles. The van der Waals surface area contributed by atoms with Gasteiger partial charge in [0.15, 0.2) is 6.61 Å². The van der Waals surface area contributed by atoms with E-state index >= 15 is 0 Å². The Labute approximate surface area is 228 Å². The topological polar surface area (TPSA) is 145 Å². The molecule has 0 unspecified atom stereocenters. The normalized spacial score (nSPS) is 15.3. The molecule has 2 amide bonds. The third-order valence-electron chi connectivity index (χ3n) is 6.21. The largest absolute Gasteiger partial charge is 0.390 e. The number of carbonyl (C=O) groups excluding carboxylic acids is 2. The monoisotopic (exact) mass is 538 g/mol. The molecule has 5 N–H and O–H groups in total. The Bertz CT molecular complexity index is 1270. The molecular weight excluding hydrogens is 500 g/mol. The van der Waals surface area contributed by atoms with Crippen molar-refractivity contribution in [3.05, 3.63) is 66.4 Å². The molecule has 10 nitrogen and oxygen atoms in total. The highest BCUT2D eigenvalue weighted by molar-refractivity contribution is 5.98. The van der Waals surface area contributed by atoms with Crippen LogP contribution in [0, 0.1) is 5.41 Å². The molecule has 1 heterocycles. The zero-order chi connectivity index (χ0) is 28.6. The number of hydrogen-bond donors (Lipinski definition) is 5. The van der Waals surface area contributed by atoms with Crippen LogP contribution in [0.4, 0.5) is 5.69 Å². The van der Waals surface area contributed by atoms with E-state index in [4.69, 9.17) is 9.57 Å². The Morgan fingerprint density at radius 2 is 1.72 bits per heavy atom. The Balaban J connectivity index is 1.76. The Hall–Kier alpha value is -3.73. The van der Waals surface area contributed by atoms with E-state index < -0.39 is 42.3 Å². The number of para-hydroxylation sites is 2. The molecule has 4 atom stereocenters. The number of methoxy groups -OCH3 is 1. The van der Waals surface area contributed by atoms with E-state index in [1.807, 2.05) is 57.3 Å². The first-order chi connectivity index (χ1) is 18.5. The van der Waals surface area contributed by atoms with Crippen LogP contribution >= 0.6 is 0 Å². The van der Waals surface area contributed by atoms with E-state index in [1.165, 1.54) is 14.0 Å². The number of anilines is 1. The van der Waals surface area contributed by atoms with Gasteiger partial charge in [0.1, 0.15) is 24.0 Å². The van der Waals surface area contributed by atoms with Crippen molar-refractivity contribution in [2.75, 3.05) is 19.0 Å². The van der Waals surface area contributed by atoms with Gasteiger partial charge in [-0.25, -0.2) is 0 Å². The van der Waals surface area contributed by atoms with Crippen molar-refractivity contribution >= 4 is 34.1 Å². The smallest absolute Gasteiger partial charge is 0.261 e. The maximum absolute atomic E-state index is 13.2. The molecule has 210 valence electrons. The summed E-state index contributed by atoms with van der Waals surface area (Å²) < 4.78 is 5.51. The first kappa shape index (κ1) is 29.8. The molecule has 1 aromatic heterocycles. The number of nitrogens with zero attached hydrogens (tertiary/aromatic N) is 1. The summed E-state index contributed by atoms with van der Waals surface area (Å²) in [7, 11) is 1.47. The first-order valence-corrected chi connectivity index (χ1v) is 12.8. The Morgan fingerprint density at radius 3 is 2.36 bits per heavy atom. The minimum Gasteiger partial charge on any atom is -0.390 e. The van der Waals surface area contributed by atoms with E-state index in [2.05, 4.69) is 20.8 Å². The minimum atomic E-state index is -1.36. The van der Waals surface area contributed by atoms with Gasteiger partial charge in [0, 0.05) is 36.3 Å². The van der Waals surface area contributed by atoms with Crippen LogP contribution < -0.4 is 10.6 Å². The quantitative estimate of drug-likeness (QED) is 0.177. The van der Waals surface area contributed by atoms with Crippen LogP contribution in [0.1, 0.15) is 33.3 Å². The second-order valence-electron chi connectivity index (χ2n) is 10.5. The molecule has 3 aromatic rings. The number of hydrogen-bond acceptors (Lipinski definition) is 7. The van der Waals surface area contributed by atoms with Gasteiger partial charge in [0.05, 0.1) is 6.10 Å². The number of aromatic nitrogens is 1. The highest BCUT2D eigenvalue weighted by atomic mass is 16.6. The fourth-order valence-electron chi connectivity index (χ4n) is 4.30. The van der Waals surface area contributed by atoms with Gasteiger partial charge >= 0.3 is 0 Å². The van der Waals surface area contributed by atoms with Gasteiger partial charge in [-0.1, -0.05) is 62.3 Å². The van der Waals surface area contributed by atoms with Crippen molar-refractivity contribution in [3.8, 4) is 0 Å². The van der Waals surface area contributed by atoms with Gasteiger partial charge in [-0.05, 0) is 36.1 Å². The number of oxime groups is 1. The molecule has 0 fully saturated rings. The van der Waals surface area contributed by atoms with E-state index in [0.29, 0.717) is 5.69 Å². The van der Waals surface area contributed by atoms with Crippen LogP contribution in [-0.2, 0) is 25.6 Å². The van der Waals surface area contributed by atoms with Crippen molar-refractivity contribution in [1.29, 1.82) is 0 Å². The Kier molecular flexibility index (Phi) is 10.2. The minimum absolute atomic E-state index is 0.0602. The Morgan fingerprint density at radius 1 is 1.05 bits per heavy atom. The standard InChI is InChI=1S/C29H38N4O6/c1-18(34)26(36)25(27(38-5)29(2,3)4)33-39-17-24(35)32-23(28(37)31-20-11-7-6-8-12-20)15-19-16-30-22-14-10-9-13-21(19)22/h6-14,16,18,23,26-27,30,34,36H,15,17H2,1-5H3,(H,31,37)(H,32,35)/b33-25+/t18-,23+,26+,27-/m1/s1. The number of aliphatic hydroxyl groups excluding tert-OH is 2. The average Bonchev–Trinajstić information content (AvgIpc) is 3.30. The molecule has 0 bridgehead atoms. The fourth-order valence-corrected chi connectivity index (χ4v) is 4.30. The molecule has 3 rings (SSSR count). The van der Waals surface area contributed by atoms with Crippen LogP contribution in [0.25, 0.3) is 10.9 Å². The highest BCUT2D eigenvalue weighted by Crippen LogP contribution is 2.25. The molecule has 0 spiro atoms. The summed E-state index contributed by atoms with van der Waals surface area (Å²) in [6.07, 6.45) is -1.12. The van der Waals surface area contributed by atoms with Gasteiger partial charge in [-0.2, -0.15) is 0 Å². The zero-order valence-electron chi connectivity index (χ0n) is 23.0. The van der Waals surface area contributed by atoms with Gasteiger partial charge in [-0.15, -0.1) is 0 Å². The van der Waals surface area contributed by atoms with Crippen molar-refractivity contribution in [2.45, 2.75) is 58.5 Å². The van der Waals surface area contributed by atoms with Crippen molar-refractivity contribution < 1.29 is 29.4 Å². The number of aromatic amines is 1. The van der Waals surface area contributed by atoms with Gasteiger partial charge in [0.2, 0.25) is 5.91 Å². The van der Waals surface area contributed by atoms with Gasteiger partial charge in [-0.3, -0.25) is 9.59 Å². The SMILES string of the molecule is CO[C@H](/C(=N/OCC(=O)N[C@@H](Cc1c[nH]c2ccccc12)C(=O)Nc1ccccc1)[C@@H](O)[C@@H](C)O)C(C)(C)C. The molecule has 2 aromatic carbocycles. The maximum Gasteiger partial charge on any atom is 0.261 e. The molecule has 39 heavy (non-hydrogen) atoms. The lowest BCUT2D eigenvalue weighted by molar-refractivity contribution is -0.129. The van der Waals surface area contributed by atoms with E-state index in [1.54, 1.807) is 24.3 Å². The molecule has 0 radical (unpaired) electrons. The summed E-state index contributed by atoms with van der Waals surface area (Å²) >= 11 is 0. The van der Waals surface area contributed by atoms with Gasteiger partial charge in [0.25, 0.3) is 5.91 Å².